The molecule has 0 rings (SSSR count). The predicted octanol–water partition coefficient (Wildman–Crippen LogP) is 3.29. The van der Waals surface area contributed by atoms with Crippen molar-refractivity contribution in [2.45, 2.75) is 19.8 Å². The van der Waals surface area contributed by atoms with Gasteiger partial charge in [-0.15, -0.1) is 0 Å². The van der Waals surface area contributed by atoms with Gasteiger partial charge in [-0.3, -0.25) is 0 Å². The fourth-order valence-corrected chi connectivity index (χ4v) is 0.547. The zero-order valence-electron chi connectivity index (χ0n) is 6.59. The minimum absolute atomic E-state index is 0.869. The van der Waals surface area contributed by atoms with Crippen molar-refractivity contribution in [1.82, 2.24) is 0 Å². The molecular formula is C10H15. The summed E-state index contributed by atoms with van der Waals surface area (Å²) in [5.41, 5.74) is 0. The van der Waals surface area contributed by atoms with E-state index in [0.717, 1.165) is 12.8 Å². The monoisotopic (exact) mass is 135 g/mol. The lowest BCUT2D eigenvalue weighted by Gasteiger charge is -1.77. The van der Waals surface area contributed by atoms with Crippen molar-refractivity contribution >= 4 is 0 Å². The highest BCUT2D eigenvalue weighted by molar-refractivity contribution is 5.04. The summed E-state index contributed by atoms with van der Waals surface area (Å²) < 4.78 is 0. The summed E-state index contributed by atoms with van der Waals surface area (Å²) in [6, 6.07) is 0. The molecule has 0 heterocycles. The maximum absolute atomic E-state index is 3.68. The van der Waals surface area contributed by atoms with Gasteiger partial charge in [0.2, 0.25) is 0 Å². The van der Waals surface area contributed by atoms with E-state index in [0.29, 0.717) is 0 Å². The summed E-state index contributed by atoms with van der Waals surface area (Å²) in [5.74, 6) is 0. The van der Waals surface area contributed by atoms with E-state index in [1.807, 2.05) is 25.2 Å². The first kappa shape index (κ1) is 9.22. The van der Waals surface area contributed by atoms with Gasteiger partial charge < -0.3 is 0 Å². The van der Waals surface area contributed by atoms with E-state index in [4.69, 9.17) is 0 Å². The second-order valence-electron chi connectivity index (χ2n) is 1.95. The molecular weight excluding hydrogens is 120 g/mol. The summed E-state index contributed by atoms with van der Waals surface area (Å²) in [5, 5.41) is 0. The first-order chi connectivity index (χ1) is 4.91. The third-order valence-electron chi connectivity index (χ3n) is 1.06. The van der Waals surface area contributed by atoms with Gasteiger partial charge in [0.25, 0.3) is 0 Å². The molecule has 0 aliphatic heterocycles. The van der Waals surface area contributed by atoms with Crippen LogP contribution >= 0.6 is 0 Å². The third kappa shape index (κ3) is 7.22. The first-order valence-corrected chi connectivity index (χ1v) is 3.64. The largest absolute Gasteiger partial charge is 0.0914 e. The lowest BCUT2D eigenvalue weighted by Crippen LogP contribution is -1.56. The van der Waals surface area contributed by atoms with Crippen molar-refractivity contribution in [1.29, 1.82) is 0 Å². The number of allylic oxidation sites excluding steroid dienone is 6. The molecule has 0 aliphatic rings. The Hall–Kier alpha value is -0.780. The number of hydrogen-bond donors (Lipinski definition) is 0. The molecule has 0 unspecified atom stereocenters. The Morgan fingerprint density at radius 1 is 1.10 bits per heavy atom. The Bertz CT molecular complexity index is 127. The van der Waals surface area contributed by atoms with Crippen LogP contribution in [0.5, 0.6) is 0 Å². The molecule has 0 fully saturated rings. The molecule has 0 aliphatic carbocycles. The van der Waals surface area contributed by atoms with Crippen LogP contribution in [0.3, 0.4) is 0 Å². The summed E-state index contributed by atoms with van der Waals surface area (Å²) in [7, 11) is 0. The lowest BCUT2D eigenvalue weighted by atomic mass is 10.3. The molecule has 10 heavy (non-hydrogen) atoms. The van der Waals surface area contributed by atoms with Gasteiger partial charge in [-0.2, -0.15) is 0 Å². The average Bonchev–Trinajstić information content (AvgIpc) is 1.97. The van der Waals surface area contributed by atoms with E-state index in [-0.39, 0.29) is 0 Å². The second-order valence-corrected chi connectivity index (χ2v) is 1.95. The molecule has 0 aromatic heterocycles. The van der Waals surface area contributed by atoms with Crippen LogP contribution < -0.4 is 0 Å². The second kappa shape index (κ2) is 8.22. The van der Waals surface area contributed by atoms with Crippen LogP contribution in [0.1, 0.15) is 19.8 Å². The van der Waals surface area contributed by atoms with E-state index in [2.05, 4.69) is 25.2 Å². The average molecular weight is 135 g/mol. The topological polar surface area (TPSA) is 0 Å². The van der Waals surface area contributed by atoms with Gasteiger partial charge in [0, 0.05) is 0 Å². The van der Waals surface area contributed by atoms with E-state index < -0.39 is 0 Å². The van der Waals surface area contributed by atoms with Crippen LogP contribution in [0.15, 0.2) is 36.5 Å². The van der Waals surface area contributed by atoms with Gasteiger partial charge in [0.1, 0.15) is 0 Å². The highest BCUT2D eigenvalue weighted by Gasteiger charge is 1.66. The fraction of sp³-hybridized carbons (Fsp3) is 0.300. The Morgan fingerprint density at radius 2 is 1.80 bits per heavy atom. The molecule has 0 bridgehead atoms. The van der Waals surface area contributed by atoms with Crippen molar-refractivity contribution in [2.75, 3.05) is 0 Å². The summed E-state index contributed by atoms with van der Waals surface area (Å²) in [6.45, 7) is 5.71. The Morgan fingerprint density at radius 3 is 2.40 bits per heavy atom. The van der Waals surface area contributed by atoms with Gasteiger partial charge in [-0.05, 0) is 26.7 Å². The Labute approximate surface area is 64.0 Å². The molecule has 0 N–H and O–H groups in total. The SMILES string of the molecule is [CH2]CC=CC=CCC=CC. The smallest absolute Gasteiger partial charge is 0.0166 e. The number of rotatable bonds is 4. The minimum Gasteiger partial charge on any atom is -0.0914 e. The van der Waals surface area contributed by atoms with Crippen molar-refractivity contribution in [2.24, 2.45) is 0 Å². The molecule has 0 saturated carbocycles. The molecule has 0 atom stereocenters. The van der Waals surface area contributed by atoms with Crippen LogP contribution in [0.4, 0.5) is 0 Å². The van der Waals surface area contributed by atoms with Crippen molar-refractivity contribution in [3.63, 3.8) is 0 Å². The molecule has 0 amide bonds. The van der Waals surface area contributed by atoms with Crippen LogP contribution in [-0.4, -0.2) is 0 Å². The van der Waals surface area contributed by atoms with Crippen molar-refractivity contribution in [3.05, 3.63) is 43.4 Å². The van der Waals surface area contributed by atoms with Gasteiger partial charge in [0.15, 0.2) is 0 Å². The van der Waals surface area contributed by atoms with Crippen LogP contribution in [0.25, 0.3) is 0 Å². The maximum atomic E-state index is 3.68. The molecule has 0 nitrogen and oxygen atoms in total. The Kier molecular flexibility index (Phi) is 7.58. The molecule has 0 saturated heterocycles. The van der Waals surface area contributed by atoms with Crippen molar-refractivity contribution in [3.8, 4) is 0 Å². The fourth-order valence-electron chi connectivity index (χ4n) is 0.547. The summed E-state index contributed by atoms with van der Waals surface area (Å²) in [6.07, 6.45) is 14.3. The van der Waals surface area contributed by atoms with Gasteiger partial charge in [-0.25, -0.2) is 0 Å². The van der Waals surface area contributed by atoms with Gasteiger partial charge in [-0.1, -0.05) is 36.5 Å². The molecule has 0 heteroatoms. The quantitative estimate of drug-likeness (QED) is 0.410. The third-order valence-corrected chi connectivity index (χ3v) is 1.06. The molecule has 0 aromatic carbocycles. The maximum Gasteiger partial charge on any atom is -0.0166 e. The van der Waals surface area contributed by atoms with E-state index in [9.17, 15) is 0 Å². The summed E-state index contributed by atoms with van der Waals surface area (Å²) in [4.78, 5) is 0. The predicted molar refractivity (Wildman–Crippen MR) is 47.7 cm³/mol. The van der Waals surface area contributed by atoms with Crippen LogP contribution in [-0.2, 0) is 0 Å². The minimum atomic E-state index is 0.869. The zero-order chi connectivity index (χ0) is 7.66. The van der Waals surface area contributed by atoms with Crippen LogP contribution in [0.2, 0.25) is 0 Å². The summed E-state index contributed by atoms with van der Waals surface area (Å²) >= 11 is 0. The Balaban J connectivity index is 3.28. The van der Waals surface area contributed by atoms with Crippen molar-refractivity contribution < 1.29 is 0 Å². The normalized spacial score (nSPS) is 12.6. The standard InChI is InChI=1S/C10H15/c1-3-5-7-9-10-8-6-4-2/h4-7,9-10H,1,3,8H2,2H3. The van der Waals surface area contributed by atoms with Gasteiger partial charge >= 0.3 is 0 Å². The van der Waals surface area contributed by atoms with E-state index in [1.54, 1.807) is 0 Å². The van der Waals surface area contributed by atoms with Crippen LogP contribution in [0, 0.1) is 6.92 Å². The van der Waals surface area contributed by atoms with Gasteiger partial charge in [0.05, 0.1) is 0 Å². The molecule has 1 radical (unpaired) electrons. The first-order valence-electron chi connectivity index (χ1n) is 3.64. The highest BCUT2D eigenvalue weighted by Crippen LogP contribution is 1.87. The molecule has 0 aromatic rings. The van der Waals surface area contributed by atoms with E-state index >= 15 is 0 Å². The lowest BCUT2D eigenvalue weighted by molar-refractivity contribution is 1.36. The van der Waals surface area contributed by atoms with E-state index in [1.165, 1.54) is 0 Å². The number of hydrogen-bond acceptors (Lipinski definition) is 0. The molecule has 55 valence electrons. The zero-order valence-corrected chi connectivity index (χ0v) is 6.59. The highest BCUT2D eigenvalue weighted by atomic mass is 13.7. The molecule has 0 spiro atoms.